The number of benzene rings is 1. The number of piperidine rings is 2. The van der Waals surface area contributed by atoms with Crippen molar-refractivity contribution in [3.8, 4) is 0 Å². The molecule has 3 nitrogen and oxygen atoms in total. The van der Waals surface area contributed by atoms with Crippen molar-refractivity contribution in [1.82, 2.24) is 4.90 Å². The second-order valence-electron chi connectivity index (χ2n) is 6.51. The first-order valence-electron chi connectivity index (χ1n) is 8.12. The van der Waals surface area contributed by atoms with Gasteiger partial charge in [0.15, 0.2) is 0 Å². The molecule has 1 aromatic carbocycles. The third-order valence-corrected chi connectivity index (χ3v) is 5.13. The molecule has 2 aliphatic rings. The fourth-order valence-electron chi connectivity index (χ4n) is 4.00. The fraction of sp³-hybridized carbons (Fsp3) is 0.647. The van der Waals surface area contributed by atoms with Crippen molar-refractivity contribution in [3.05, 3.63) is 29.6 Å². The summed E-state index contributed by atoms with van der Waals surface area (Å²) in [5.74, 6) is 0.587. The maximum absolute atomic E-state index is 14.4. The number of likely N-dealkylation sites (tertiary alicyclic amines) is 1. The Morgan fingerprint density at radius 1 is 1.29 bits per heavy atom. The van der Waals surface area contributed by atoms with E-state index in [9.17, 15) is 4.39 Å². The topological polar surface area (TPSA) is 32.5 Å². The van der Waals surface area contributed by atoms with Crippen LogP contribution in [0, 0.1) is 11.7 Å². The van der Waals surface area contributed by atoms with Crippen molar-refractivity contribution >= 4 is 5.69 Å². The van der Waals surface area contributed by atoms with Crippen LogP contribution in [0.2, 0.25) is 0 Å². The molecular weight excluding hydrogens is 265 g/mol. The first-order chi connectivity index (χ1) is 10.2. The Kier molecular flexibility index (Phi) is 4.45. The summed E-state index contributed by atoms with van der Waals surface area (Å²) in [6.45, 7) is 3.72. The number of hydrogen-bond acceptors (Lipinski definition) is 3. The van der Waals surface area contributed by atoms with E-state index in [2.05, 4.69) is 16.8 Å². The monoisotopic (exact) mass is 291 g/mol. The molecule has 0 saturated carbocycles. The second-order valence-corrected chi connectivity index (χ2v) is 6.51. The first-order valence-corrected chi connectivity index (χ1v) is 8.12. The standard InChI is InChI=1S/C17H26FN3/c1-20-9-2-3-14-12-21(10-7-16(14)20)17-5-4-13(6-8-19)11-15(17)18/h4-5,11,14,16H,2-3,6-10,12,19H2,1H3. The molecule has 21 heavy (non-hydrogen) atoms. The fourth-order valence-corrected chi connectivity index (χ4v) is 4.00. The number of halogens is 1. The molecule has 0 spiro atoms. The summed E-state index contributed by atoms with van der Waals surface area (Å²) in [5.41, 5.74) is 7.30. The van der Waals surface area contributed by atoms with Crippen LogP contribution in [0.5, 0.6) is 0 Å². The van der Waals surface area contributed by atoms with E-state index >= 15 is 0 Å². The smallest absolute Gasteiger partial charge is 0.146 e. The molecule has 2 N–H and O–H groups in total. The van der Waals surface area contributed by atoms with Crippen molar-refractivity contribution in [1.29, 1.82) is 0 Å². The Labute approximate surface area is 126 Å². The molecule has 2 heterocycles. The Hall–Kier alpha value is -1.13. The van der Waals surface area contributed by atoms with Gasteiger partial charge in [-0.2, -0.15) is 0 Å². The summed E-state index contributed by atoms with van der Waals surface area (Å²) >= 11 is 0. The van der Waals surface area contributed by atoms with Crippen LogP contribution < -0.4 is 10.6 Å². The number of hydrogen-bond donors (Lipinski definition) is 1. The minimum atomic E-state index is -0.0939. The van der Waals surface area contributed by atoms with Gasteiger partial charge in [-0.05, 0) is 69.4 Å². The van der Waals surface area contributed by atoms with Crippen LogP contribution in [0.25, 0.3) is 0 Å². The number of nitrogens with zero attached hydrogens (tertiary/aromatic N) is 2. The molecule has 3 rings (SSSR count). The molecule has 2 aliphatic heterocycles. The van der Waals surface area contributed by atoms with Gasteiger partial charge in [0, 0.05) is 19.1 Å². The third kappa shape index (κ3) is 3.06. The van der Waals surface area contributed by atoms with Gasteiger partial charge < -0.3 is 15.5 Å². The third-order valence-electron chi connectivity index (χ3n) is 5.13. The maximum atomic E-state index is 14.4. The molecule has 1 aromatic rings. The Balaban J connectivity index is 1.73. The molecular formula is C17H26FN3. The molecule has 2 fully saturated rings. The lowest BCUT2D eigenvalue weighted by atomic mass is 9.84. The van der Waals surface area contributed by atoms with Gasteiger partial charge in [0.05, 0.1) is 5.69 Å². The lowest BCUT2D eigenvalue weighted by molar-refractivity contribution is 0.102. The average Bonchev–Trinajstić information content (AvgIpc) is 2.48. The van der Waals surface area contributed by atoms with Crippen LogP contribution in [0.4, 0.5) is 10.1 Å². The SMILES string of the molecule is CN1CCCC2CN(c3ccc(CCN)cc3F)CCC21. The summed E-state index contributed by atoms with van der Waals surface area (Å²) in [6, 6.07) is 6.30. The minimum Gasteiger partial charge on any atom is -0.369 e. The van der Waals surface area contributed by atoms with Gasteiger partial charge in [0.25, 0.3) is 0 Å². The molecule has 2 unspecified atom stereocenters. The first kappa shape index (κ1) is 14.8. The molecule has 0 aromatic heterocycles. The van der Waals surface area contributed by atoms with Crippen molar-refractivity contribution < 1.29 is 4.39 Å². The predicted molar refractivity (Wildman–Crippen MR) is 85.1 cm³/mol. The Bertz CT molecular complexity index is 491. The highest BCUT2D eigenvalue weighted by Crippen LogP contribution is 2.33. The predicted octanol–water partition coefficient (Wildman–Crippen LogP) is 2.25. The number of rotatable bonds is 3. The highest BCUT2D eigenvalue weighted by atomic mass is 19.1. The molecule has 4 heteroatoms. The van der Waals surface area contributed by atoms with E-state index < -0.39 is 0 Å². The Morgan fingerprint density at radius 3 is 2.90 bits per heavy atom. The zero-order chi connectivity index (χ0) is 14.8. The van der Waals surface area contributed by atoms with Crippen LogP contribution >= 0.6 is 0 Å². The van der Waals surface area contributed by atoms with E-state index in [1.165, 1.54) is 19.4 Å². The van der Waals surface area contributed by atoms with Crippen LogP contribution in [-0.4, -0.2) is 44.2 Å². The van der Waals surface area contributed by atoms with Crippen LogP contribution in [-0.2, 0) is 6.42 Å². The zero-order valence-electron chi connectivity index (χ0n) is 12.9. The van der Waals surface area contributed by atoms with E-state index in [1.54, 1.807) is 6.07 Å². The second kappa shape index (κ2) is 6.32. The molecule has 0 aliphatic carbocycles. The van der Waals surface area contributed by atoms with Gasteiger partial charge in [0.1, 0.15) is 5.82 Å². The van der Waals surface area contributed by atoms with E-state index in [0.29, 0.717) is 18.5 Å². The average molecular weight is 291 g/mol. The summed E-state index contributed by atoms with van der Waals surface area (Å²) in [7, 11) is 2.23. The van der Waals surface area contributed by atoms with Crippen LogP contribution in [0.1, 0.15) is 24.8 Å². The molecule has 2 saturated heterocycles. The largest absolute Gasteiger partial charge is 0.369 e. The highest BCUT2D eigenvalue weighted by Gasteiger charge is 2.34. The van der Waals surface area contributed by atoms with Crippen LogP contribution in [0.3, 0.4) is 0 Å². The Morgan fingerprint density at radius 2 is 2.14 bits per heavy atom. The molecule has 2 atom stereocenters. The molecule has 116 valence electrons. The summed E-state index contributed by atoms with van der Waals surface area (Å²) in [4.78, 5) is 4.73. The van der Waals surface area contributed by atoms with Gasteiger partial charge in [-0.25, -0.2) is 4.39 Å². The maximum Gasteiger partial charge on any atom is 0.146 e. The van der Waals surface area contributed by atoms with E-state index in [4.69, 9.17) is 5.73 Å². The van der Waals surface area contributed by atoms with Crippen molar-refractivity contribution in [2.24, 2.45) is 11.7 Å². The lowest BCUT2D eigenvalue weighted by Crippen LogP contribution is -2.52. The zero-order valence-corrected chi connectivity index (χ0v) is 12.9. The number of anilines is 1. The molecule has 0 amide bonds. The van der Waals surface area contributed by atoms with Gasteiger partial charge in [-0.3, -0.25) is 0 Å². The van der Waals surface area contributed by atoms with Crippen LogP contribution in [0.15, 0.2) is 18.2 Å². The minimum absolute atomic E-state index is 0.0939. The van der Waals surface area contributed by atoms with Gasteiger partial charge in [-0.1, -0.05) is 6.07 Å². The lowest BCUT2D eigenvalue weighted by Gasteiger charge is -2.46. The van der Waals surface area contributed by atoms with E-state index in [1.807, 2.05) is 12.1 Å². The van der Waals surface area contributed by atoms with Crippen molar-refractivity contribution in [2.45, 2.75) is 31.7 Å². The van der Waals surface area contributed by atoms with E-state index in [-0.39, 0.29) is 5.82 Å². The molecule has 0 radical (unpaired) electrons. The number of nitrogens with two attached hydrogens (primary N) is 1. The van der Waals surface area contributed by atoms with Gasteiger partial charge in [0.2, 0.25) is 0 Å². The summed E-state index contributed by atoms with van der Waals surface area (Å²) in [5, 5.41) is 0. The van der Waals surface area contributed by atoms with Crippen molar-refractivity contribution in [3.63, 3.8) is 0 Å². The summed E-state index contributed by atoms with van der Waals surface area (Å²) < 4.78 is 14.4. The van der Waals surface area contributed by atoms with Crippen molar-refractivity contribution in [2.75, 3.05) is 38.1 Å². The number of fused-ring (bicyclic) bond motifs is 1. The highest BCUT2D eigenvalue weighted by molar-refractivity contribution is 5.50. The normalized spacial score (nSPS) is 26.7. The molecule has 0 bridgehead atoms. The quantitative estimate of drug-likeness (QED) is 0.927. The van der Waals surface area contributed by atoms with Gasteiger partial charge >= 0.3 is 0 Å². The van der Waals surface area contributed by atoms with Gasteiger partial charge in [-0.15, -0.1) is 0 Å². The van der Waals surface area contributed by atoms with E-state index in [0.717, 1.165) is 37.2 Å². The summed E-state index contributed by atoms with van der Waals surface area (Å²) in [6.07, 6.45) is 4.43.